The van der Waals surface area contributed by atoms with Crippen LogP contribution in [0.5, 0.6) is 17.2 Å². The molecule has 0 aliphatic carbocycles. The monoisotopic (exact) mass is 592 g/mol. The summed E-state index contributed by atoms with van der Waals surface area (Å²) in [5.41, 5.74) is -0.119. The van der Waals surface area contributed by atoms with Crippen molar-refractivity contribution >= 4 is 29.7 Å². The summed E-state index contributed by atoms with van der Waals surface area (Å²) >= 11 is 0. The van der Waals surface area contributed by atoms with Gasteiger partial charge in [0, 0.05) is 33.8 Å². The van der Waals surface area contributed by atoms with Crippen molar-refractivity contribution in [3.05, 3.63) is 53.8 Å². The molecular weight excluding hydrogens is 563 g/mol. The number of hydrogen-bond acceptors (Lipinski definition) is 13. The third-order valence-electron chi connectivity index (χ3n) is 5.65. The van der Waals surface area contributed by atoms with E-state index in [0.29, 0.717) is 0 Å². The van der Waals surface area contributed by atoms with E-state index >= 15 is 0 Å². The van der Waals surface area contributed by atoms with Gasteiger partial charge in [0.2, 0.25) is 18.2 Å². The van der Waals surface area contributed by atoms with E-state index in [1.807, 2.05) is 0 Å². The fourth-order valence-electron chi connectivity index (χ4n) is 4.00. The molecule has 0 spiro atoms. The third kappa shape index (κ3) is 8.89. The Bertz CT molecular complexity index is 1310. The van der Waals surface area contributed by atoms with Gasteiger partial charge in [-0.25, -0.2) is 4.39 Å². The van der Waals surface area contributed by atoms with Crippen LogP contribution >= 0.6 is 0 Å². The van der Waals surface area contributed by atoms with E-state index in [4.69, 9.17) is 33.2 Å². The predicted molar refractivity (Wildman–Crippen MR) is 137 cm³/mol. The maximum atomic E-state index is 13.1. The van der Waals surface area contributed by atoms with Gasteiger partial charge < -0.3 is 38.3 Å². The standard InChI is InChI=1S/C28H29FO13/c1-14(30)36-13-24-25(38-15(2)31)26(39-16(3)32)27(40-17(4)33)28(42-24)41-20-9-10-21(22(34)11-20)23(35)12-37-19-7-5-18(29)6-8-19/h5-11,24-28,34H,12-13H2,1-4H3/t24-,25+,26+,27-,28+/m0/s1. The second kappa shape index (κ2) is 14.3. The molecule has 42 heavy (non-hydrogen) atoms. The van der Waals surface area contributed by atoms with Crippen LogP contribution in [0.15, 0.2) is 42.5 Å². The lowest BCUT2D eigenvalue weighted by Gasteiger charge is -2.43. The molecule has 5 atom stereocenters. The smallest absolute Gasteiger partial charge is 0.303 e. The van der Waals surface area contributed by atoms with Gasteiger partial charge in [-0.05, 0) is 36.4 Å². The molecule has 1 N–H and O–H groups in total. The van der Waals surface area contributed by atoms with E-state index in [0.717, 1.165) is 45.9 Å². The highest BCUT2D eigenvalue weighted by molar-refractivity contribution is 5.99. The summed E-state index contributed by atoms with van der Waals surface area (Å²) in [6.45, 7) is 3.47. The highest BCUT2D eigenvalue weighted by Gasteiger charge is 2.53. The molecule has 1 aliphatic heterocycles. The van der Waals surface area contributed by atoms with Crippen molar-refractivity contribution in [2.75, 3.05) is 13.2 Å². The number of carbonyl (C=O) groups excluding carboxylic acids is 5. The fraction of sp³-hybridized carbons (Fsp3) is 0.393. The number of ether oxygens (including phenoxy) is 7. The first kappa shape index (κ1) is 31.8. The Morgan fingerprint density at radius 2 is 1.36 bits per heavy atom. The number of rotatable bonds is 11. The van der Waals surface area contributed by atoms with Crippen LogP contribution in [0.3, 0.4) is 0 Å². The summed E-state index contributed by atoms with van der Waals surface area (Å²) in [5.74, 6) is -4.50. The minimum Gasteiger partial charge on any atom is -0.507 e. The van der Waals surface area contributed by atoms with Gasteiger partial charge in [0.15, 0.2) is 18.8 Å². The van der Waals surface area contributed by atoms with Gasteiger partial charge >= 0.3 is 23.9 Å². The van der Waals surface area contributed by atoms with E-state index in [9.17, 15) is 33.5 Å². The van der Waals surface area contributed by atoms with Crippen LogP contribution in [0, 0.1) is 5.82 Å². The number of Topliss-reactive ketones (excluding diaryl/α,β-unsaturated/α-hetero) is 1. The number of aromatic hydroxyl groups is 1. The van der Waals surface area contributed by atoms with Crippen molar-refractivity contribution in [3.8, 4) is 17.2 Å². The minimum atomic E-state index is -1.53. The molecule has 0 aromatic heterocycles. The van der Waals surface area contributed by atoms with Crippen molar-refractivity contribution in [3.63, 3.8) is 0 Å². The maximum absolute atomic E-state index is 13.1. The van der Waals surface area contributed by atoms with Gasteiger partial charge in [-0.1, -0.05) is 0 Å². The van der Waals surface area contributed by atoms with Crippen molar-refractivity contribution in [1.82, 2.24) is 0 Å². The Morgan fingerprint density at radius 1 is 0.786 bits per heavy atom. The Labute approximate surface area is 239 Å². The van der Waals surface area contributed by atoms with Gasteiger partial charge in [0.25, 0.3) is 0 Å². The van der Waals surface area contributed by atoms with Gasteiger partial charge in [-0.15, -0.1) is 0 Å². The lowest BCUT2D eigenvalue weighted by atomic mass is 9.98. The largest absolute Gasteiger partial charge is 0.507 e. The summed E-state index contributed by atoms with van der Waals surface area (Å²) in [4.78, 5) is 59.8. The predicted octanol–water partition coefficient (Wildman–Crippen LogP) is 2.25. The summed E-state index contributed by atoms with van der Waals surface area (Å²) in [6.07, 6.45) is -7.08. The van der Waals surface area contributed by atoms with Crippen LogP contribution in [0.2, 0.25) is 0 Å². The average molecular weight is 593 g/mol. The van der Waals surface area contributed by atoms with Gasteiger partial charge in [0.05, 0.1) is 5.56 Å². The number of esters is 4. The Balaban J connectivity index is 1.86. The topological polar surface area (TPSA) is 170 Å². The Hall–Kier alpha value is -4.72. The Kier molecular flexibility index (Phi) is 10.8. The van der Waals surface area contributed by atoms with Gasteiger partial charge in [0.1, 0.15) is 35.8 Å². The first-order chi connectivity index (χ1) is 19.8. The summed E-state index contributed by atoms with van der Waals surface area (Å²) in [7, 11) is 0. The number of hydrogen-bond donors (Lipinski definition) is 1. The quantitative estimate of drug-likeness (QED) is 0.229. The van der Waals surface area contributed by atoms with Gasteiger partial charge in [-0.2, -0.15) is 0 Å². The summed E-state index contributed by atoms with van der Waals surface area (Å²) < 4.78 is 51.1. The molecule has 0 bridgehead atoms. The molecule has 2 aromatic rings. The van der Waals surface area contributed by atoms with Gasteiger partial charge in [-0.3, -0.25) is 24.0 Å². The average Bonchev–Trinajstić information content (AvgIpc) is 2.89. The van der Waals surface area contributed by atoms with E-state index in [1.165, 1.54) is 24.3 Å². The number of phenolic OH excluding ortho intramolecular Hbond substituents is 1. The molecule has 1 saturated heterocycles. The van der Waals surface area contributed by atoms with Crippen molar-refractivity contribution in [2.45, 2.75) is 58.4 Å². The molecule has 14 heteroatoms. The lowest BCUT2D eigenvalue weighted by molar-refractivity contribution is -0.288. The van der Waals surface area contributed by atoms with E-state index in [1.54, 1.807) is 0 Å². The molecule has 0 amide bonds. The molecule has 1 heterocycles. The molecule has 226 valence electrons. The summed E-state index contributed by atoms with van der Waals surface area (Å²) in [5, 5.41) is 10.5. The first-order valence-corrected chi connectivity index (χ1v) is 12.6. The highest BCUT2D eigenvalue weighted by atomic mass is 19.1. The fourth-order valence-corrected chi connectivity index (χ4v) is 4.00. The summed E-state index contributed by atoms with van der Waals surface area (Å²) in [6, 6.07) is 8.64. The second-order valence-corrected chi connectivity index (χ2v) is 9.03. The maximum Gasteiger partial charge on any atom is 0.303 e. The molecule has 0 unspecified atom stereocenters. The SMILES string of the molecule is CC(=O)OC[C@@H]1O[C@@H](Oc2ccc(C(=O)COc3ccc(F)cc3)c(O)c2)[C@@H](OC(C)=O)[C@H](OC(C)=O)[C@@H]1OC(C)=O. The first-order valence-electron chi connectivity index (χ1n) is 12.6. The highest BCUT2D eigenvalue weighted by Crippen LogP contribution is 2.32. The molecule has 2 aromatic carbocycles. The van der Waals surface area contributed by atoms with Crippen LogP contribution in [0.1, 0.15) is 38.1 Å². The van der Waals surface area contributed by atoms with Crippen LogP contribution in [0.25, 0.3) is 0 Å². The number of benzene rings is 2. The molecule has 0 saturated carbocycles. The molecule has 1 aliphatic rings. The van der Waals surface area contributed by atoms with Crippen molar-refractivity contribution in [1.29, 1.82) is 0 Å². The minimum absolute atomic E-state index is 0.0654. The third-order valence-corrected chi connectivity index (χ3v) is 5.65. The van der Waals surface area contributed by atoms with Crippen molar-refractivity contribution < 1.29 is 66.6 Å². The van der Waals surface area contributed by atoms with Crippen LogP contribution < -0.4 is 9.47 Å². The normalized spacial score (nSPS) is 21.4. The van der Waals surface area contributed by atoms with E-state index in [-0.39, 0.29) is 17.1 Å². The van der Waals surface area contributed by atoms with Crippen LogP contribution in [0.4, 0.5) is 4.39 Å². The Morgan fingerprint density at radius 3 is 1.93 bits per heavy atom. The van der Waals surface area contributed by atoms with Crippen molar-refractivity contribution in [2.24, 2.45) is 0 Å². The zero-order valence-electron chi connectivity index (χ0n) is 23.1. The van der Waals surface area contributed by atoms with Crippen LogP contribution in [-0.2, 0) is 42.9 Å². The zero-order chi connectivity index (χ0) is 31.0. The molecule has 0 radical (unpaired) electrons. The number of carbonyl (C=O) groups is 5. The number of phenols is 1. The number of ketones is 1. The van der Waals surface area contributed by atoms with E-state index in [2.05, 4.69) is 0 Å². The van der Waals surface area contributed by atoms with E-state index < -0.39 is 85.1 Å². The molecule has 13 nitrogen and oxygen atoms in total. The molecular formula is C28H29FO13. The van der Waals surface area contributed by atoms with Crippen LogP contribution in [-0.4, -0.2) is 78.7 Å². The molecule has 1 fully saturated rings. The zero-order valence-corrected chi connectivity index (χ0v) is 23.1. The molecule has 3 rings (SSSR count). The number of halogens is 1. The second-order valence-electron chi connectivity index (χ2n) is 9.03. The lowest BCUT2D eigenvalue weighted by Crippen LogP contribution is -2.63.